The van der Waals surface area contributed by atoms with Gasteiger partial charge in [0.05, 0.1) is 35.0 Å². The molecule has 49 heavy (non-hydrogen) atoms. The van der Waals surface area contributed by atoms with Crippen molar-refractivity contribution in [2.24, 2.45) is 0 Å². The molecule has 1 amide bonds. The number of aliphatic hydroxyl groups is 2. The van der Waals surface area contributed by atoms with Gasteiger partial charge < -0.3 is 40.0 Å². The first-order valence-corrected chi connectivity index (χ1v) is 14.8. The van der Waals surface area contributed by atoms with Crippen molar-refractivity contribution in [1.82, 2.24) is 14.9 Å². The molecule has 3 aromatic carbocycles. The van der Waals surface area contributed by atoms with Crippen LogP contribution in [0.2, 0.25) is 0 Å². The standard InChI is InChI=1S/C33H25F2N3O11/c34-20-7-18-25(9-22(20)40)47-26-10-23(41)21(35)8-19(26)33(18)17-4-3-14(6-16(17)31(45)49-33)29(43)36-5-1-2-15-12-38(32(46)37-30(15)44)28-11-24(42)27(13-39)48-28/h1-4,6-10,12,24,27-28,39-42H,5,11,13H2,(H,36,43)(H,37,44,46)/b2-1+/t24-,27+,28+/m0/s1. The van der Waals surface area contributed by atoms with E-state index in [4.69, 9.17) is 14.2 Å². The predicted molar refractivity (Wildman–Crippen MR) is 162 cm³/mol. The number of fused-ring (bicyclic) bond motifs is 6. The van der Waals surface area contributed by atoms with Crippen molar-refractivity contribution >= 4 is 18.0 Å². The lowest BCUT2D eigenvalue weighted by atomic mass is 9.77. The summed E-state index contributed by atoms with van der Waals surface area (Å²) in [6.07, 6.45) is 1.20. The smallest absolute Gasteiger partial charge is 0.340 e. The maximum atomic E-state index is 14.7. The number of aromatic amines is 1. The Balaban J connectivity index is 1.15. The fraction of sp³-hybridized carbons (Fsp3) is 0.212. The molecule has 4 aromatic rings. The minimum absolute atomic E-state index is 0.0135. The summed E-state index contributed by atoms with van der Waals surface area (Å²) in [7, 11) is 0. The van der Waals surface area contributed by atoms with Crippen LogP contribution in [0.4, 0.5) is 8.78 Å². The summed E-state index contributed by atoms with van der Waals surface area (Å²) < 4.78 is 47.4. The first-order valence-electron chi connectivity index (χ1n) is 14.8. The number of nitrogens with one attached hydrogen (secondary N) is 2. The largest absolute Gasteiger partial charge is 0.505 e. The highest BCUT2D eigenvalue weighted by molar-refractivity contribution is 6.01. The predicted octanol–water partition coefficient (Wildman–Crippen LogP) is 1.88. The molecule has 0 unspecified atom stereocenters. The third kappa shape index (κ3) is 5.13. The summed E-state index contributed by atoms with van der Waals surface area (Å²) in [6.45, 7) is -0.556. The van der Waals surface area contributed by atoms with Crippen molar-refractivity contribution in [1.29, 1.82) is 0 Å². The average molecular weight is 678 g/mol. The van der Waals surface area contributed by atoms with E-state index >= 15 is 0 Å². The Labute approximate surface area is 273 Å². The van der Waals surface area contributed by atoms with Crippen LogP contribution in [0, 0.1) is 11.6 Å². The Hall–Kier alpha value is -5.84. The highest BCUT2D eigenvalue weighted by Crippen LogP contribution is 2.57. The van der Waals surface area contributed by atoms with Crippen molar-refractivity contribution in [3.8, 4) is 23.0 Å². The van der Waals surface area contributed by atoms with E-state index in [1.165, 1.54) is 36.5 Å². The highest BCUT2D eigenvalue weighted by Gasteiger charge is 2.54. The van der Waals surface area contributed by atoms with Gasteiger partial charge in [0.1, 0.15) is 23.8 Å². The molecule has 3 atom stereocenters. The lowest BCUT2D eigenvalue weighted by Gasteiger charge is -2.36. The number of benzene rings is 3. The van der Waals surface area contributed by atoms with E-state index in [0.29, 0.717) is 0 Å². The second kappa shape index (κ2) is 11.7. The van der Waals surface area contributed by atoms with Gasteiger partial charge in [-0.1, -0.05) is 18.2 Å². The number of phenols is 2. The lowest BCUT2D eigenvalue weighted by Crippen LogP contribution is -2.33. The quantitative estimate of drug-likeness (QED) is 0.162. The average Bonchev–Trinajstić information content (AvgIpc) is 3.58. The second-order valence-corrected chi connectivity index (χ2v) is 11.5. The molecule has 0 bridgehead atoms. The molecule has 16 heteroatoms. The molecule has 1 spiro atoms. The molecule has 4 heterocycles. The molecule has 0 radical (unpaired) electrons. The first kappa shape index (κ1) is 31.7. The summed E-state index contributed by atoms with van der Waals surface area (Å²) in [4.78, 5) is 53.3. The molecule has 0 saturated carbocycles. The van der Waals surface area contributed by atoms with Crippen LogP contribution in [0.3, 0.4) is 0 Å². The van der Waals surface area contributed by atoms with Crippen LogP contribution in [-0.4, -0.2) is 67.2 Å². The molecule has 1 aromatic heterocycles. The lowest BCUT2D eigenvalue weighted by molar-refractivity contribution is -0.0459. The molecule has 3 aliphatic heterocycles. The van der Waals surface area contributed by atoms with Gasteiger partial charge in [0, 0.05) is 42.4 Å². The molecule has 3 aliphatic rings. The summed E-state index contributed by atoms with van der Waals surface area (Å²) >= 11 is 0. The summed E-state index contributed by atoms with van der Waals surface area (Å²) in [6, 6.07) is 7.68. The van der Waals surface area contributed by atoms with Gasteiger partial charge in [-0.15, -0.1) is 0 Å². The maximum Gasteiger partial charge on any atom is 0.340 e. The highest BCUT2D eigenvalue weighted by atomic mass is 19.1. The van der Waals surface area contributed by atoms with E-state index in [1.54, 1.807) is 0 Å². The SMILES string of the molecule is O=C(NC/C=C/c1cn([C@H]2C[C@H](O)[C@@H](CO)O2)c(=O)[nH]c1=O)c1ccc2c(c1)C(=O)OC21c2cc(F)c(O)cc2Oc2cc(O)c(F)cc21. The number of hydrogen-bond donors (Lipinski definition) is 6. The fourth-order valence-electron chi connectivity index (χ4n) is 6.20. The molecule has 0 aliphatic carbocycles. The molecule has 1 saturated heterocycles. The van der Waals surface area contributed by atoms with Crippen LogP contribution in [0.5, 0.6) is 23.0 Å². The normalized spacial score (nSPS) is 20.1. The van der Waals surface area contributed by atoms with Crippen LogP contribution in [-0.2, 0) is 15.1 Å². The minimum atomic E-state index is -1.96. The van der Waals surface area contributed by atoms with E-state index in [2.05, 4.69) is 10.3 Å². The zero-order valence-corrected chi connectivity index (χ0v) is 25.0. The van der Waals surface area contributed by atoms with Crippen molar-refractivity contribution in [3.63, 3.8) is 0 Å². The number of aliphatic hydroxyl groups excluding tert-OH is 2. The number of ether oxygens (including phenoxy) is 3. The van der Waals surface area contributed by atoms with Gasteiger partial charge >= 0.3 is 11.7 Å². The number of halogens is 2. The van der Waals surface area contributed by atoms with Crippen molar-refractivity contribution < 1.29 is 53.0 Å². The van der Waals surface area contributed by atoms with Gasteiger partial charge in [-0.3, -0.25) is 19.1 Å². The second-order valence-electron chi connectivity index (χ2n) is 11.5. The van der Waals surface area contributed by atoms with Gasteiger partial charge in [-0.25, -0.2) is 18.4 Å². The molecule has 7 rings (SSSR count). The number of carbonyl (C=O) groups is 2. The molecule has 1 fully saturated rings. The van der Waals surface area contributed by atoms with Gasteiger partial charge in [-0.2, -0.15) is 0 Å². The molecular weight excluding hydrogens is 652 g/mol. The van der Waals surface area contributed by atoms with Crippen molar-refractivity contribution in [3.05, 3.63) is 121 Å². The van der Waals surface area contributed by atoms with Crippen LogP contribution in [0.1, 0.15) is 55.6 Å². The monoisotopic (exact) mass is 677 g/mol. The molecule has 6 N–H and O–H groups in total. The van der Waals surface area contributed by atoms with E-state index in [1.807, 2.05) is 0 Å². The number of aromatic hydroxyl groups is 2. The summed E-state index contributed by atoms with van der Waals surface area (Å²) in [5.74, 6) is -5.47. The van der Waals surface area contributed by atoms with Crippen LogP contribution in [0.25, 0.3) is 6.08 Å². The zero-order valence-electron chi connectivity index (χ0n) is 25.0. The zero-order chi connectivity index (χ0) is 34.8. The van der Waals surface area contributed by atoms with Crippen LogP contribution >= 0.6 is 0 Å². The van der Waals surface area contributed by atoms with Crippen molar-refractivity contribution in [2.75, 3.05) is 13.2 Å². The van der Waals surface area contributed by atoms with Crippen molar-refractivity contribution in [2.45, 2.75) is 30.5 Å². The van der Waals surface area contributed by atoms with E-state index in [0.717, 1.165) is 28.8 Å². The topological polar surface area (TPSA) is 210 Å². The number of rotatable bonds is 6. The maximum absolute atomic E-state index is 14.7. The number of aromatic nitrogens is 2. The number of esters is 1. The fourth-order valence-corrected chi connectivity index (χ4v) is 6.20. The van der Waals surface area contributed by atoms with Crippen LogP contribution in [0.15, 0.2) is 64.3 Å². The Morgan fingerprint density at radius 2 is 1.69 bits per heavy atom. The third-order valence-corrected chi connectivity index (χ3v) is 8.57. The summed E-state index contributed by atoms with van der Waals surface area (Å²) in [5.41, 5.74) is -3.51. The van der Waals surface area contributed by atoms with E-state index in [9.17, 15) is 48.4 Å². The number of nitrogens with zero attached hydrogens (tertiary/aromatic N) is 1. The van der Waals surface area contributed by atoms with Gasteiger partial charge in [-0.05, 0) is 24.3 Å². The van der Waals surface area contributed by atoms with E-state index in [-0.39, 0.29) is 57.8 Å². The Kier molecular flexibility index (Phi) is 7.57. The van der Waals surface area contributed by atoms with E-state index < -0.39 is 76.9 Å². The number of phenolic OH excluding ortho intramolecular Hbond substituents is 2. The number of H-pyrrole nitrogens is 1. The van der Waals surface area contributed by atoms with Gasteiger partial charge in [0.2, 0.25) is 0 Å². The third-order valence-electron chi connectivity index (χ3n) is 8.57. The minimum Gasteiger partial charge on any atom is -0.505 e. The number of carbonyl (C=O) groups excluding carboxylic acids is 2. The first-order chi connectivity index (χ1) is 23.4. The molecular formula is C33H25F2N3O11. The summed E-state index contributed by atoms with van der Waals surface area (Å²) in [5, 5.41) is 41.9. The number of hydrogen-bond acceptors (Lipinski definition) is 11. The van der Waals surface area contributed by atoms with Gasteiger partial charge in [0.15, 0.2) is 28.7 Å². The van der Waals surface area contributed by atoms with Gasteiger partial charge in [0.25, 0.3) is 11.5 Å². The Bertz CT molecular complexity index is 2160. The number of amides is 1. The molecule has 252 valence electrons. The molecule has 14 nitrogen and oxygen atoms in total. The van der Waals surface area contributed by atoms with Crippen LogP contribution < -0.4 is 21.3 Å². The Morgan fingerprint density at radius 1 is 1.02 bits per heavy atom. The Morgan fingerprint density at radius 3 is 2.33 bits per heavy atom.